The Balaban J connectivity index is 1.55. The molecule has 0 saturated heterocycles. The van der Waals surface area contributed by atoms with Gasteiger partial charge in [-0.1, -0.05) is 47.6 Å². The van der Waals surface area contributed by atoms with Gasteiger partial charge in [-0.15, -0.1) is 0 Å². The highest BCUT2D eigenvalue weighted by Crippen LogP contribution is 2.22. The lowest BCUT2D eigenvalue weighted by Crippen LogP contribution is -2.21. The summed E-state index contributed by atoms with van der Waals surface area (Å²) in [4.78, 5) is 16.2. The molecule has 0 aliphatic heterocycles. The number of hydrazone groups is 1. The van der Waals surface area contributed by atoms with Gasteiger partial charge in [0.1, 0.15) is 5.52 Å². The topological polar surface area (TPSA) is 67.5 Å². The van der Waals surface area contributed by atoms with Crippen LogP contribution in [0.2, 0.25) is 5.02 Å². The molecule has 0 unspecified atom stereocenters. The van der Waals surface area contributed by atoms with E-state index in [1.807, 2.05) is 43.3 Å². The number of nitrogens with zero attached hydrogens (tertiary/aromatic N) is 2. The van der Waals surface area contributed by atoms with Crippen LogP contribution in [0.5, 0.6) is 0 Å². The van der Waals surface area contributed by atoms with Gasteiger partial charge in [0.2, 0.25) is 0 Å². The number of halogens is 1. The lowest BCUT2D eigenvalue weighted by Gasteiger charge is -2.02. The summed E-state index contributed by atoms with van der Waals surface area (Å²) < 4.78 is 5.55. The third kappa shape index (κ3) is 4.15. The van der Waals surface area contributed by atoms with Crippen molar-refractivity contribution >= 4 is 46.1 Å². The van der Waals surface area contributed by atoms with E-state index in [1.165, 1.54) is 11.8 Å². The number of amides is 1. The van der Waals surface area contributed by atoms with E-state index in [4.69, 9.17) is 16.0 Å². The van der Waals surface area contributed by atoms with E-state index in [9.17, 15) is 4.79 Å². The van der Waals surface area contributed by atoms with Crippen molar-refractivity contribution in [3.63, 3.8) is 0 Å². The molecule has 0 spiro atoms. The maximum absolute atomic E-state index is 11.9. The SMILES string of the molecule is C/C(=N\NC(=O)CSc1nc2ccccc2o1)c1ccc(Cl)cc1. The summed E-state index contributed by atoms with van der Waals surface area (Å²) in [5.41, 5.74) is 5.60. The zero-order chi connectivity index (χ0) is 16.9. The van der Waals surface area contributed by atoms with Gasteiger partial charge in [0.15, 0.2) is 5.58 Å². The van der Waals surface area contributed by atoms with Crippen LogP contribution < -0.4 is 5.43 Å². The van der Waals surface area contributed by atoms with E-state index in [-0.39, 0.29) is 11.7 Å². The minimum Gasteiger partial charge on any atom is -0.431 e. The molecule has 3 rings (SSSR count). The number of carbonyl (C=O) groups is 1. The van der Waals surface area contributed by atoms with E-state index in [2.05, 4.69) is 15.5 Å². The lowest BCUT2D eigenvalue weighted by atomic mass is 10.1. The number of hydrogen-bond donors (Lipinski definition) is 1. The standard InChI is InChI=1S/C17H14ClN3O2S/c1-11(12-6-8-13(18)9-7-12)20-21-16(22)10-24-17-19-14-4-2-3-5-15(14)23-17/h2-9H,10H2,1H3,(H,21,22)/b20-11+. The maximum atomic E-state index is 11.9. The van der Waals surface area contributed by atoms with E-state index >= 15 is 0 Å². The first kappa shape index (κ1) is 16.5. The molecular formula is C17H14ClN3O2S. The van der Waals surface area contributed by atoms with Crippen molar-refractivity contribution in [1.29, 1.82) is 0 Å². The first-order valence-corrected chi connectivity index (χ1v) is 8.55. The second-order valence-corrected chi connectivity index (χ2v) is 6.34. The summed E-state index contributed by atoms with van der Waals surface area (Å²) >= 11 is 7.07. The van der Waals surface area contributed by atoms with Crippen LogP contribution in [0.15, 0.2) is 63.3 Å². The molecule has 0 aliphatic rings. The number of rotatable bonds is 5. The number of carbonyl (C=O) groups excluding carboxylic acids is 1. The van der Waals surface area contributed by atoms with Crippen molar-refractivity contribution in [1.82, 2.24) is 10.4 Å². The molecular weight excluding hydrogens is 346 g/mol. The van der Waals surface area contributed by atoms with Crippen molar-refractivity contribution in [2.24, 2.45) is 5.10 Å². The summed E-state index contributed by atoms with van der Waals surface area (Å²) in [6.45, 7) is 1.82. The molecule has 122 valence electrons. The van der Waals surface area contributed by atoms with E-state index in [0.717, 1.165) is 11.1 Å². The quantitative estimate of drug-likeness (QED) is 0.423. The highest BCUT2D eigenvalue weighted by atomic mass is 35.5. The van der Waals surface area contributed by atoms with Crippen LogP contribution in [0.4, 0.5) is 0 Å². The van der Waals surface area contributed by atoms with Crippen LogP contribution in [0.3, 0.4) is 0 Å². The molecule has 5 nitrogen and oxygen atoms in total. The normalized spacial score (nSPS) is 11.7. The third-order valence-corrected chi connectivity index (χ3v) is 4.29. The third-order valence-electron chi connectivity index (χ3n) is 3.21. The molecule has 3 aromatic rings. The van der Waals surface area contributed by atoms with Crippen LogP contribution in [0.25, 0.3) is 11.1 Å². The van der Waals surface area contributed by atoms with E-state index in [0.29, 0.717) is 21.5 Å². The summed E-state index contributed by atoms with van der Waals surface area (Å²) in [6.07, 6.45) is 0. The second kappa shape index (κ2) is 7.51. The molecule has 0 fully saturated rings. The van der Waals surface area contributed by atoms with Gasteiger partial charge >= 0.3 is 0 Å². The van der Waals surface area contributed by atoms with Gasteiger partial charge in [0.05, 0.1) is 11.5 Å². The van der Waals surface area contributed by atoms with Gasteiger partial charge in [-0.05, 0) is 36.8 Å². The minimum absolute atomic E-state index is 0.171. The molecule has 1 heterocycles. The molecule has 1 amide bonds. The fourth-order valence-corrected chi connectivity index (χ4v) is 2.73. The second-order valence-electron chi connectivity index (χ2n) is 4.98. The van der Waals surface area contributed by atoms with Gasteiger partial charge in [-0.25, -0.2) is 10.4 Å². The maximum Gasteiger partial charge on any atom is 0.257 e. The molecule has 2 aromatic carbocycles. The molecule has 0 aliphatic carbocycles. The average Bonchev–Trinajstić information content (AvgIpc) is 3.01. The smallest absolute Gasteiger partial charge is 0.257 e. The summed E-state index contributed by atoms with van der Waals surface area (Å²) in [5, 5.41) is 5.21. The minimum atomic E-state index is -0.226. The number of thioether (sulfide) groups is 1. The first-order valence-electron chi connectivity index (χ1n) is 7.19. The fourth-order valence-electron chi connectivity index (χ4n) is 1.97. The number of aromatic nitrogens is 1. The first-order chi connectivity index (χ1) is 11.6. The van der Waals surface area contributed by atoms with Gasteiger partial charge in [-0.2, -0.15) is 5.10 Å². The number of para-hydroxylation sites is 2. The van der Waals surface area contributed by atoms with Crippen molar-refractivity contribution in [2.45, 2.75) is 12.1 Å². The van der Waals surface area contributed by atoms with Crippen LogP contribution in [-0.2, 0) is 4.79 Å². The van der Waals surface area contributed by atoms with E-state index < -0.39 is 0 Å². The number of hydrogen-bond acceptors (Lipinski definition) is 5. The molecule has 7 heteroatoms. The van der Waals surface area contributed by atoms with Gasteiger partial charge in [-0.3, -0.25) is 4.79 Å². The van der Waals surface area contributed by atoms with Gasteiger partial charge in [0.25, 0.3) is 11.1 Å². The van der Waals surface area contributed by atoms with Crippen molar-refractivity contribution in [3.8, 4) is 0 Å². The molecule has 0 radical (unpaired) electrons. The Morgan fingerprint density at radius 3 is 2.75 bits per heavy atom. The fraction of sp³-hybridized carbons (Fsp3) is 0.118. The van der Waals surface area contributed by atoms with Gasteiger partial charge in [0, 0.05) is 5.02 Å². The molecule has 1 N–H and O–H groups in total. The molecule has 0 bridgehead atoms. The summed E-state index contributed by atoms with van der Waals surface area (Å²) in [5.74, 6) is -0.0555. The lowest BCUT2D eigenvalue weighted by molar-refractivity contribution is -0.118. The molecule has 24 heavy (non-hydrogen) atoms. The zero-order valence-electron chi connectivity index (χ0n) is 12.8. The highest BCUT2D eigenvalue weighted by Gasteiger charge is 2.08. The Labute approximate surface area is 148 Å². The Morgan fingerprint density at radius 2 is 2.00 bits per heavy atom. The Kier molecular flexibility index (Phi) is 5.17. The number of fused-ring (bicyclic) bond motifs is 1. The van der Waals surface area contributed by atoms with E-state index in [1.54, 1.807) is 12.1 Å². The Morgan fingerprint density at radius 1 is 1.25 bits per heavy atom. The number of oxazole rings is 1. The van der Waals surface area contributed by atoms with Gasteiger partial charge < -0.3 is 4.42 Å². The monoisotopic (exact) mass is 359 g/mol. The van der Waals surface area contributed by atoms with Crippen LogP contribution >= 0.6 is 23.4 Å². The van der Waals surface area contributed by atoms with Crippen LogP contribution in [0.1, 0.15) is 12.5 Å². The Hall–Kier alpha value is -2.31. The molecule has 0 saturated carbocycles. The zero-order valence-corrected chi connectivity index (χ0v) is 14.4. The molecule has 1 aromatic heterocycles. The van der Waals surface area contributed by atoms with Crippen LogP contribution in [-0.4, -0.2) is 22.4 Å². The van der Waals surface area contributed by atoms with Crippen molar-refractivity contribution in [2.75, 3.05) is 5.75 Å². The van der Waals surface area contributed by atoms with Crippen molar-refractivity contribution < 1.29 is 9.21 Å². The largest absolute Gasteiger partial charge is 0.431 e. The predicted octanol–water partition coefficient (Wildman–Crippen LogP) is 4.11. The Bertz CT molecular complexity index is 857. The predicted molar refractivity (Wildman–Crippen MR) is 96.5 cm³/mol. The van der Waals surface area contributed by atoms with Crippen molar-refractivity contribution in [3.05, 3.63) is 59.1 Å². The average molecular weight is 360 g/mol. The molecule has 0 atom stereocenters. The number of benzene rings is 2. The number of nitrogens with one attached hydrogen (secondary N) is 1. The highest BCUT2D eigenvalue weighted by molar-refractivity contribution is 7.99. The summed E-state index contributed by atoms with van der Waals surface area (Å²) in [7, 11) is 0. The van der Waals surface area contributed by atoms with Crippen LogP contribution in [0, 0.1) is 0 Å². The summed E-state index contributed by atoms with van der Waals surface area (Å²) in [6, 6.07) is 14.7.